The van der Waals surface area contributed by atoms with Crippen molar-refractivity contribution in [3.8, 4) is 0 Å². The molecular formula is C18H24OSi. The molecule has 2 aromatic carbocycles. The van der Waals surface area contributed by atoms with Gasteiger partial charge in [-0.1, -0.05) is 56.2 Å². The minimum Gasteiger partial charge on any atom is -0.415 e. The van der Waals surface area contributed by atoms with Crippen LogP contribution in [0.25, 0.3) is 10.8 Å². The Balaban J connectivity index is 2.07. The van der Waals surface area contributed by atoms with Crippen LogP contribution in [-0.2, 0) is 10.8 Å². The highest BCUT2D eigenvalue weighted by molar-refractivity contribution is 6.70. The molecule has 1 aliphatic rings. The zero-order valence-corrected chi connectivity index (χ0v) is 13.6. The fourth-order valence-electron chi connectivity index (χ4n) is 3.27. The van der Waals surface area contributed by atoms with Crippen molar-refractivity contribution in [1.29, 1.82) is 0 Å². The molecule has 1 aliphatic heterocycles. The predicted octanol–water partition coefficient (Wildman–Crippen LogP) is 3.92. The summed E-state index contributed by atoms with van der Waals surface area (Å²) in [4.78, 5) is 0. The standard InChI is InChI=1S/C18H24OSi/c1-2-3-8-16-12-11-15-9-4-5-10-17(15)18(16)20-14-7-6-13-19-20/h4-5,9-12,20H,2-3,6-8,13-14H2,1H3. The first-order valence-electron chi connectivity index (χ1n) is 8.02. The number of benzene rings is 2. The Labute approximate surface area is 123 Å². The third-order valence-electron chi connectivity index (χ3n) is 4.36. The van der Waals surface area contributed by atoms with E-state index in [4.69, 9.17) is 4.43 Å². The van der Waals surface area contributed by atoms with Crippen molar-refractivity contribution in [3.05, 3.63) is 42.0 Å². The van der Waals surface area contributed by atoms with E-state index in [-0.39, 0.29) is 0 Å². The molecule has 0 amide bonds. The summed E-state index contributed by atoms with van der Waals surface area (Å²) in [5, 5.41) is 4.44. The smallest absolute Gasteiger partial charge is 0.209 e. The van der Waals surface area contributed by atoms with Gasteiger partial charge >= 0.3 is 0 Å². The number of aryl methyl sites for hydroxylation is 1. The summed E-state index contributed by atoms with van der Waals surface area (Å²) in [6.45, 7) is 3.25. The van der Waals surface area contributed by atoms with Gasteiger partial charge in [0.15, 0.2) is 0 Å². The Bertz CT molecular complexity index is 573. The Hall–Kier alpha value is -1.12. The maximum Gasteiger partial charge on any atom is 0.209 e. The molecule has 2 heteroatoms. The molecule has 1 nitrogen and oxygen atoms in total. The Kier molecular flexibility index (Phi) is 4.53. The third kappa shape index (κ3) is 2.81. The Morgan fingerprint density at radius 2 is 2.00 bits per heavy atom. The van der Waals surface area contributed by atoms with Crippen molar-refractivity contribution in [2.45, 2.75) is 45.1 Å². The topological polar surface area (TPSA) is 9.23 Å². The fourth-order valence-corrected chi connectivity index (χ4v) is 6.27. The van der Waals surface area contributed by atoms with Crippen molar-refractivity contribution in [2.24, 2.45) is 0 Å². The van der Waals surface area contributed by atoms with Crippen molar-refractivity contribution in [1.82, 2.24) is 0 Å². The SMILES string of the molecule is CCCCc1ccc2ccccc2c1[SiH]1CCCCO1. The first-order chi connectivity index (χ1) is 9.90. The molecular weight excluding hydrogens is 260 g/mol. The van der Waals surface area contributed by atoms with Gasteiger partial charge in [-0.15, -0.1) is 0 Å². The van der Waals surface area contributed by atoms with Gasteiger partial charge in [0, 0.05) is 6.61 Å². The zero-order chi connectivity index (χ0) is 13.8. The summed E-state index contributed by atoms with van der Waals surface area (Å²) in [6.07, 6.45) is 6.36. The van der Waals surface area contributed by atoms with E-state index in [0.717, 1.165) is 6.61 Å². The molecule has 0 radical (unpaired) electrons. The molecule has 0 spiro atoms. The average Bonchev–Trinajstić information content (AvgIpc) is 2.53. The van der Waals surface area contributed by atoms with Crippen LogP contribution in [0.1, 0.15) is 38.2 Å². The van der Waals surface area contributed by atoms with Gasteiger partial charge in [0.2, 0.25) is 9.04 Å². The number of unbranched alkanes of at least 4 members (excludes halogenated alkanes) is 1. The normalized spacial score (nSPS) is 19.4. The van der Waals surface area contributed by atoms with Gasteiger partial charge in [0.25, 0.3) is 0 Å². The fraction of sp³-hybridized carbons (Fsp3) is 0.444. The van der Waals surface area contributed by atoms with Crippen LogP contribution in [0.5, 0.6) is 0 Å². The number of rotatable bonds is 4. The molecule has 20 heavy (non-hydrogen) atoms. The third-order valence-corrected chi connectivity index (χ3v) is 7.26. The van der Waals surface area contributed by atoms with Gasteiger partial charge in [-0.25, -0.2) is 0 Å². The summed E-state index contributed by atoms with van der Waals surface area (Å²) < 4.78 is 6.23. The van der Waals surface area contributed by atoms with Gasteiger partial charge in [-0.2, -0.15) is 0 Å². The molecule has 1 atom stereocenters. The van der Waals surface area contributed by atoms with Crippen LogP contribution >= 0.6 is 0 Å². The van der Waals surface area contributed by atoms with Crippen LogP contribution in [0.3, 0.4) is 0 Å². The van der Waals surface area contributed by atoms with E-state index in [1.54, 1.807) is 10.8 Å². The molecule has 1 saturated heterocycles. The Morgan fingerprint density at radius 3 is 2.80 bits per heavy atom. The second kappa shape index (κ2) is 6.55. The van der Waals surface area contributed by atoms with Crippen LogP contribution < -0.4 is 5.19 Å². The molecule has 0 bridgehead atoms. The summed E-state index contributed by atoms with van der Waals surface area (Å²) >= 11 is 0. The first kappa shape index (κ1) is 13.8. The summed E-state index contributed by atoms with van der Waals surface area (Å²) in [5.74, 6) is 0. The molecule has 2 aromatic rings. The van der Waals surface area contributed by atoms with Crippen LogP contribution in [0.2, 0.25) is 6.04 Å². The average molecular weight is 284 g/mol. The maximum atomic E-state index is 6.23. The van der Waals surface area contributed by atoms with E-state index < -0.39 is 9.04 Å². The molecule has 1 heterocycles. The number of fused-ring (bicyclic) bond motifs is 1. The highest BCUT2D eigenvalue weighted by Crippen LogP contribution is 2.20. The minimum absolute atomic E-state index is 0.979. The van der Waals surface area contributed by atoms with Crippen LogP contribution in [0.4, 0.5) is 0 Å². The Morgan fingerprint density at radius 1 is 1.10 bits per heavy atom. The van der Waals surface area contributed by atoms with E-state index >= 15 is 0 Å². The van der Waals surface area contributed by atoms with Crippen molar-refractivity contribution < 1.29 is 4.43 Å². The van der Waals surface area contributed by atoms with Crippen molar-refractivity contribution >= 4 is 25.0 Å². The lowest BCUT2D eigenvalue weighted by Gasteiger charge is -2.25. The molecule has 0 saturated carbocycles. The van der Waals surface area contributed by atoms with E-state index in [1.165, 1.54) is 48.9 Å². The highest BCUT2D eigenvalue weighted by Gasteiger charge is 2.23. The van der Waals surface area contributed by atoms with E-state index in [2.05, 4.69) is 43.3 Å². The summed E-state index contributed by atoms with van der Waals surface area (Å²) in [6, 6.07) is 14.8. The first-order valence-corrected chi connectivity index (χ1v) is 9.89. The van der Waals surface area contributed by atoms with Crippen LogP contribution in [0, 0.1) is 0 Å². The van der Waals surface area contributed by atoms with Gasteiger partial charge in [-0.3, -0.25) is 0 Å². The van der Waals surface area contributed by atoms with Crippen LogP contribution in [-0.4, -0.2) is 15.6 Å². The molecule has 0 N–H and O–H groups in total. The molecule has 0 aliphatic carbocycles. The quantitative estimate of drug-likeness (QED) is 0.773. The highest BCUT2D eigenvalue weighted by atomic mass is 28.3. The largest absolute Gasteiger partial charge is 0.415 e. The second-order valence-electron chi connectivity index (χ2n) is 5.82. The maximum absolute atomic E-state index is 6.23. The van der Waals surface area contributed by atoms with Gasteiger partial charge in [0.1, 0.15) is 0 Å². The van der Waals surface area contributed by atoms with Crippen molar-refractivity contribution in [2.75, 3.05) is 6.61 Å². The zero-order valence-electron chi connectivity index (χ0n) is 12.4. The van der Waals surface area contributed by atoms with Gasteiger partial charge < -0.3 is 4.43 Å². The molecule has 106 valence electrons. The minimum atomic E-state index is -1.22. The second-order valence-corrected chi connectivity index (χ2v) is 8.28. The van der Waals surface area contributed by atoms with E-state index in [1.807, 2.05) is 0 Å². The van der Waals surface area contributed by atoms with Gasteiger partial charge in [0.05, 0.1) is 0 Å². The molecule has 1 fully saturated rings. The predicted molar refractivity (Wildman–Crippen MR) is 89.3 cm³/mol. The molecule has 3 rings (SSSR count). The lowest BCUT2D eigenvalue weighted by Crippen LogP contribution is -2.39. The lowest BCUT2D eigenvalue weighted by molar-refractivity contribution is 0.294. The van der Waals surface area contributed by atoms with E-state index in [0.29, 0.717) is 0 Å². The molecule has 0 aromatic heterocycles. The van der Waals surface area contributed by atoms with E-state index in [9.17, 15) is 0 Å². The van der Waals surface area contributed by atoms with Crippen LogP contribution in [0.15, 0.2) is 36.4 Å². The summed E-state index contributed by atoms with van der Waals surface area (Å²) in [5.41, 5.74) is 1.56. The monoisotopic (exact) mass is 284 g/mol. The summed E-state index contributed by atoms with van der Waals surface area (Å²) in [7, 11) is -1.22. The van der Waals surface area contributed by atoms with Crippen molar-refractivity contribution in [3.63, 3.8) is 0 Å². The number of hydrogen-bond acceptors (Lipinski definition) is 1. The van der Waals surface area contributed by atoms with Gasteiger partial charge in [-0.05, 0) is 46.8 Å². The number of hydrogen-bond donors (Lipinski definition) is 0. The molecule has 1 unspecified atom stereocenters. The lowest BCUT2D eigenvalue weighted by atomic mass is 10.0.